The molecule has 1 fully saturated rings. The van der Waals surface area contributed by atoms with E-state index < -0.39 is 0 Å². The van der Waals surface area contributed by atoms with E-state index in [2.05, 4.69) is 20.6 Å². The SMILES string of the molecule is CC(NC(=O)CSc1nc(NC2CC2)c2ccccc2n1)c1ccc2c(c1)OCO2. The smallest absolute Gasteiger partial charge is 0.231 e. The van der Waals surface area contributed by atoms with Gasteiger partial charge < -0.3 is 20.1 Å². The van der Waals surface area contributed by atoms with Crippen LogP contribution in [0.5, 0.6) is 11.5 Å². The van der Waals surface area contributed by atoms with Crippen molar-refractivity contribution >= 4 is 34.4 Å². The Labute approximate surface area is 178 Å². The highest BCUT2D eigenvalue weighted by Gasteiger charge is 2.23. The molecule has 154 valence electrons. The van der Waals surface area contributed by atoms with Crippen molar-refractivity contribution in [1.29, 1.82) is 0 Å². The summed E-state index contributed by atoms with van der Waals surface area (Å²) in [7, 11) is 0. The third kappa shape index (κ3) is 4.14. The molecule has 1 saturated carbocycles. The van der Waals surface area contributed by atoms with Crippen LogP contribution < -0.4 is 20.1 Å². The number of aromatic nitrogens is 2. The fourth-order valence-electron chi connectivity index (χ4n) is 3.33. The van der Waals surface area contributed by atoms with E-state index in [9.17, 15) is 4.79 Å². The van der Waals surface area contributed by atoms with Crippen LogP contribution in [-0.2, 0) is 4.79 Å². The quantitative estimate of drug-likeness (QED) is 0.441. The van der Waals surface area contributed by atoms with Crippen molar-refractivity contribution in [2.75, 3.05) is 17.9 Å². The molecular weight excluding hydrogens is 400 g/mol. The van der Waals surface area contributed by atoms with Crippen molar-refractivity contribution in [2.24, 2.45) is 0 Å². The van der Waals surface area contributed by atoms with Crippen LogP contribution in [0.3, 0.4) is 0 Å². The molecule has 0 radical (unpaired) electrons. The molecular formula is C22H22N4O3S. The van der Waals surface area contributed by atoms with Gasteiger partial charge in [-0.25, -0.2) is 9.97 Å². The van der Waals surface area contributed by atoms with E-state index in [-0.39, 0.29) is 24.5 Å². The highest BCUT2D eigenvalue weighted by Crippen LogP contribution is 2.34. The summed E-state index contributed by atoms with van der Waals surface area (Å²) in [5, 5.41) is 8.11. The van der Waals surface area contributed by atoms with Gasteiger partial charge >= 0.3 is 0 Å². The Morgan fingerprint density at radius 2 is 2.00 bits per heavy atom. The summed E-state index contributed by atoms with van der Waals surface area (Å²) in [5.41, 5.74) is 1.85. The zero-order valence-corrected chi connectivity index (χ0v) is 17.4. The van der Waals surface area contributed by atoms with Gasteiger partial charge in [0.15, 0.2) is 16.7 Å². The Hall–Kier alpha value is -3.00. The first kappa shape index (κ1) is 19.0. The van der Waals surface area contributed by atoms with Gasteiger partial charge in [-0.15, -0.1) is 0 Å². The summed E-state index contributed by atoms with van der Waals surface area (Å²) in [6.45, 7) is 2.18. The maximum Gasteiger partial charge on any atom is 0.231 e. The molecule has 2 aliphatic rings. The number of hydrogen-bond donors (Lipinski definition) is 2. The molecule has 0 saturated heterocycles. The molecule has 8 heteroatoms. The number of anilines is 1. The topological polar surface area (TPSA) is 85.4 Å². The van der Waals surface area contributed by atoms with Crippen LogP contribution >= 0.6 is 11.8 Å². The first-order chi connectivity index (χ1) is 14.7. The minimum absolute atomic E-state index is 0.0707. The normalized spacial score (nSPS) is 15.8. The number of rotatable bonds is 7. The lowest BCUT2D eigenvalue weighted by Gasteiger charge is -2.15. The van der Waals surface area contributed by atoms with Gasteiger partial charge in [-0.3, -0.25) is 4.79 Å². The van der Waals surface area contributed by atoms with Gasteiger partial charge in [0, 0.05) is 11.4 Å². The van der Waals surface area contributed by atoms with E-state index in [1.807, 2.05) is 49.4 Å². The predicted octanol–water partition coefficient (Wildman–Crippen LogP) is 3.90. The van der Waals surface area contributed by atoms with Gasteiger partial charge in [-0.1, -0.05) is 30.0 Å². The van der Waals surface area contributed by atoms with E-state index in [4.69, 9.17) is 9.47 Å². The molecule has 1 amide bonds. The number of carbonyl (C=O) groups is 1. The number of carbonyl (C=O) groups excluding carboxylic acids is 1. The van der Waals surface area contributed by atoms with Crippen molar-refractivity contribution in [3.05, 3.63) is 48.0 Å². The third-order valence-electron chi connectivity index (χ3n) is 5.11. The molecule has 0 spiro atoms. The maximum absolute atomic E-state index is 12.5. The van der Waals surface area contributed by atoms with E-state index in [0.29, 0.717) is 16.9 Å². The molecule has 1 aliphatic carbocycles. The fourth-order valence-corrected chi connectivity index (χ4v) is 3.99. The lowest BCUT2D eigenvalue weighted by molar-refractivity contribution is -0.119. The number of amides is 1. The van der Waals surface area contributed by atoms with Crippen LogP contribution in [0.15, 0.2) is 47.6 Å². The molecule has 1 aliphatic heterocycles. The Kier molecular flexibility index (Phi) is 5.08. The standard InChI is InChI=1S/C22H22N4O3S/c1-13(14-6-9-18-19(10-14)29-12-28-18)23-20(27)11-30-22-25-17-5-3-2-4-16(17)21(26-22)24-15-7-8-15/h2-6,9-10,13,15H,7-8,11-12H2,1H3,(H,23,27)(H,24,25,26). The molecule has 30 heavy (non-hydrogen) atoms. The average Bonchev–Trinajstić information content (AvgIpc) is 3.44. The van der Waals surface area contributed by atoms with Gasteiger partial charge in [0.2, 0.25) is 12.7 Å². The molecule has 0 bridgehead atoms. The zero-order valence-electron chi connectivity index (χ0n) is 16.6. The molecule has 2 N–H and O–H groups in total. The Morgan fingerprint density at radius 1 is 1.17 bits per heavy atom. The summed E-state index contributed by atoms with van der Waals surface area (Å²) in [4.78, 5) is 21.8. The van der Waals surface area contributed by atoms with Gasteiger partial charge in [0.25, 0.3) is 0 Å². The summed E-state index contributed by atoms with van der Waals surface area (Å²) >= 11 is 1.34. The number of para-hydroxylation sites is 1. The number of thioether (sulfide) groups is 1. The second kappa shape index (κ2) is 8.02. The largest absolute Gasteiger partial charge is 0.454 e. The molecule has 3 aromatic rings. The highest BCUT2D eigenvalue weighted by atomic mass is 32.2. The number of ether oxygens (including phenoxy) is 2. The van der Waals surface area contributed by atoms with Crippen LogP contribution in [0.2, 0.25) is 0 Å². The first-order valence-corrected chi connectivity index (χ1v) is 11.0. The Morgan fingerprint density at radius 3 is 2.87 bits per heavy atom. The summed E-state index contributed by atoms with van der Waals surface area (Å²) in [6, 6.07) is 14.0. The second-order valence-corrected chi connectivity index (χ2v) is 8.42. The molecule has 2 heterocycles. The van der Waals surface area contributed by atoms with Crippen LogP contribution in [0.4, 0.5) is 5.82 Å². The molecule has 5 rings (SSSR count). The lowest BCUT2D eigenvalue weighted by atomic mass is 10.1. The second-order valence-electron chi connectivity index (χ2n) is 7.48. The minimum Gasteiger partial charge on any atom is -0.454 e. The van der Waals surface area contributed by atoms with Crippen molar-refractivity contribution in [3.8, 4) is 11.5 Å². The van der Waals surface area contributed by atoms with E-state index in [1.165, 1.54) is 24.6 Å². The monoisotopic (exact) mass is 422 g/mol. The molecule has 7 nitrogen and oxygen atoms in total. The molecule has 1 aromatic heterocycles. The van der Waals surface area contributed by atoms with Crippen molar-refractivity contribution < 1.29 is 14.3 Å². The van der Waals surface area contributed by atoms with E-state index in [1.54, 1.807) is 0 Å². The summed E-state index contributed by atoms with van der Waals surface area (Å²) in [6.07, 6.45) is 2.34. The van der Waals surface area contributed by atoms with Gasteiger partial charge in [-0.2, -0.15) is 0 Å². The average molecular weight is 423 g/mol. The van der Waals surface area contributed by atoms with Gasteiger partial charge in [-0.05, 0) is 49.6 Å². The summed E-state index contributed by atoms with van der Waals surface area (Å²) in [5.74, 6) is 2.47. The van der Waals surface area contributed by atoms with Crippen molar-refractivity contribution in [1.82, 2.24) is 15.3 Å². The minimum atomic E-state index is -0.141. The van der Waals surface area contributed by atoms with Crippen LogP contribution in [0.1, 0.15) is 31.4 Å². The van der Waals surface area contributed by atoms with Crippen LogP contribution in [-0.4, -0.2) is 34.5 Å². The van der Waals surface area contributed by atoms with E-state index in [0.717, 1.165) is 28.0 Å². The number of nitrogens with one attached hydrogen (secondary N) is 2. The molecule has 1 atom stereocenters. The van der Waals surface area contributed by atoms with Crippen LogP contribution in [0.25, 0.3) is 10.9 Å². The zero-order chi connectivity index (χ0) is 20.5. The maximum atomic E-state index is 12.5. The van der Waals surface area contributed by atoms with Crippen molar-refractivity contribution in [2.45, 2.75) is 37.0 Å². The number of nitrogens with zero attached hydrogens (tertiary/aromatic N) is 2. The fraction of sp³-hybridized carbons (Fsp3) is 0.318. The molecule has 2 aromatic carbocycles. The lowest BCUT2D eigenvalue weighted by Crippen LogP contribution is -2.28. The van der Waals surface area contributed by atoms with Gasteiger partial charge in [0.1, 0.15) is 5.82 Å². The number of hydrogen-bond acceptors (Lipinski definition) is 7. The van der Waals surface area contributed by atoms with Crippen LogP contribution in [0, 0.1) is 0 Å². The third-order valence-corrected chi connectivity index (χ3v) is 5.95. The first-order valence-electron chi connectivity index (χ1n) is 10.0. The summed E-state index contributed by atoms with van der Waals surface area (Å²) < 4.78 is 10.8. The Balaban J connectivity index is 1.24. The highest BCUT2D eigenvalue weighted by molar-refractivity contribution is 7.99. The van der Waals surface area contributed by atoms with E-state index >= 15 is 0 Å². The van der Waals surface area contributed by atoms with Gasteiger partial charge in [0.05, 0.1) is 17.3 Å². The Bertz CT molecular complexity index is 1100. The van der Waals surface area contributed by atoms with Crippen molar-refractivity contribution in [3.63, 3.8) is 0 Å². The molecule has 1 unspecified atom stereocenters. The predicted molar refractivity (Wildman–Crippen MR) is 116 cm³/mol. The number of benzene rings is 2. The number of fused-ring (bicyclic) bond motifs is 2.